The quantitative estimate of drug-likeness (QED) is 0.721. The van der Waals surface area contributed by atoms with Gasteiger partial charge in [-0.2, -0.15) is 0 Å². The van der Waals surface area contributed by atoms with Gasteiger partial charge in [0.2, 0.25) is 0 Å². The highest BCUT2D eigenvalue weighted by molar-refractivity contribution is 5.54. The summed E-state index contributed by atoms with van der Waals surface area (Å²) >= 11 is 0. The summed E-state index contributed by atoms with van der Waals surface area (Å²) in [5, 5.41) is 13.8. The normalized spacial score (nSPS) is 15.1. The third-order valence-electron chi connectivity index (χ3n) is 3.95. The molecule has 1 atom stereocenters. The zero-order valence-electron chi connectivity index (χ0n) is 12.7. The second-order valence-corrected chi connectivity index (χ2v) is 5.59. The molecule has 1 heterocycles. The van der Waals surface area contributed by atoms with Crippen LogP contribution in [0.1, 0.15) is 30.1 Å². The zero-order chi connectivity index (χ0) is 15.1. The number of aryl methyl sites for hydroxylation is 1. The fraction of sp³-hybridized carbons (Fsp3) is 0.444. The van der Waals surface area contributed by atoms with E-state index in [9.17, 15) is 5.11 Å². The van der Waals surface area contributed by atoms with Crippen LogP contribution in [-0.2, 0) is 6.42 Å². The lowest BCUT2D eigenvalue weighted by molar-refractivity contribution is 0.148. The predicted molar refractivity (Wildman–Crippen MR) is 89.7 cm³/mol. The lowest BCUT2D eigenvalue weighted by Gasteiger charge is -2.22. The Labute approximate surface area is 128 Å². The van der Waals surface area contributed by atoms with Crippen molar-refractivity contribution >= 4 is 5.69 Å². The van der Waals surface area contributed by atoms with E-state index in [1.165, 1.54) is 17.7 Å². The third-order valence-corrected chi connectivity index (χ3v) is 3.95. The maximum absolute atomic E-state index is 10.4. The van der Waals surface area contributed by atoms with Gasteiger partial charge in [-0.1, -0.05) is 24.3 Å². The number of aliphatic hydroxyl groups excluding tert-OH is 1. The molecule has 3 nitrogen and oxygen atoms in total. The van der Waals surface area contributed by atoms with Gasteiger partial charge in [-0.3, -0.25) is 4.90 Å². The van der Waals surface area contributed by atoms with E-state index in [0.29, 0.717) is 0 Å². The number of aliphatic hydroxyl groups is 1. The first-order valence-corrected chi connectivity index (χ1v) is 7.73. The number of fused-ring (bicyclic) bond motifs is 1. The molecule has 1 unspecified atom stereocenters. The van der Waals surface area contributed by atoms with Gasteiger partial charge in [0.05, 0.1) is 6.10 Å². The van der Waals surface area contributed by atoms with Crippen molar-refractivity contribution in [3.05, 3.63) is 54.6 Å². The van der Waals surface area contributed by atoms with E-state index in [2.05, 4.69) is 35.5 Å². The first kappa shape index (κ1) is 15.8. The number of benzene rings is 1. The molecule has 0 aliphatic carbocycles. The Morgan fingerprint density at radius 1 is 1.29 bits per heavy atom. The number of anilines is 1. The van der Waals surface area contributed by atoms with E-state index >= 15 is 0 Å². The minimum absolute atomic E-state index is 0.408. The van der Waals surface area contributed by atoms with Crippen LogP contribution in [0.5, 0.6) is 0 Å². The van der Waals surface area contributed by atoms with Crippen molar-refractivity contribution < 1.29 is 5.11 Å². The topological polar surface area (TPSA) is 35.5 Å². The Morgan fingerprint density at radius 3 is 2.76 bits per heavy atom. The van der Waals surface area contributed by atoms with Crippen molar-refractivity contribution in [2.75, 3.05) is 31.5 Å². The van der Waals surface area contributed by atoms with E-state index in [-0.39, 0.29) is 0 Å². The van der Waals surface area contributed by atoms with Gasteiger partial charge in [-0.25, -0.2) is 0 Å². The fourth-order valence-corrected chi connectivity index (χ4v) is 2.80. The molecule has 0 amide bonds. The second kappa shape index (κ2) is 8.01. The van der Waals surface area contributed by atoms with Crippen molar-refractivity contribution in [3.63, 3.8) is 0 Å². The summed E-state index contributed by atoms with van der Waals surface area (Å²) in [5.41, 5.74) is 3.57. The first-order chi connectivity index (χ1) is 10.2. The SMILES string of the molecule is C=CCN(CC=C)CCC(O)c1ccc2c(c1)CCCN2. The summed E-state index contributed by atoms with van der Waals surface area (Å²) in [7, 11) is 0. The molecule has 2 N–H and O–H groups in total. The number of hydrogen-bond acceptors (Lipinski definition) is 3. The summed E-state index contributed by atoms with van der Waals surface area (Å²) in [6, 6.07) is 6.28. The minimum Gasteiger partial charge on any atom is -0.388 e. The molecule has 114 valence electrons. The van der Waals surface area contributed by atoms with Crippen molar-refractivity contribution in [1.82, 2.24) is 4.90 Å². The summed E-state index contributed by atoms with van der Waals surface area (Å²) < 4.78 is 0. The monoisotopic (exact) mass is 286 g/mol. The standard InChI is InChI=1S/C18H26N2O/c1-3-11-20(12-4-2)13-9-18(21)16-7-8-17-15(14-16)6-5-10-19-17/h3-4,7-8,14,18-19,21H,1-2,5-6,9-13H2. The predicted octanol–water partition coefficient (Wildman–Crippen LogP) is 3.14. The molecule has 0 saturated heterocycles. The van der Waals surface area contributed by atoms with Gasteiger partial charge in [0.15, 0.2) is 0 Å². The van der Waals surface area contributed by atoms with Gasteiger partial charge in [-0.15, -0.1) is 13.2 Å². The van der Waals surface area contributed by atoms with Gasteiger partial charge in [0.1, 0.15) is 0 Å². The summed E-state index contributed by atoms with van der Waals surface area (Å²) in [6.45, 7) is 11.1. The highest BCUT2D eigenvalue weighted by Gasteiger charge is 2.14. The number of nitrogens with zero attached hydrogens (tertiary/aromatic N) is 1. The van der Waals surface area contributed by atoms with Gasteiger partial charge in [0.25, 0.3) is 0 Å². The molecule has 2 rings (SSSR count). The molecule has 1 aliphatic heterocycles. The van der Waals surface area contributed by atoms with Gasteiger partial charge < -0.3 is 10.4 Å². The molecule has 1 aromatic rings. The van der Waals surface area contributed by atoms with Crippen LogP contribution in [0.25, 0.3) is 0 Å². The maximum atomic E-state index is 10.4. The molecule has 0 saturated carbocycles. The maximum Gasteiger partial charge on any atom is 0.0802 e. The van der Waals surface area contributed by atoms with E-state index in [0.717, 1.165) is 44.6 Å². The summed E-state index contributed by atoms with van der Waals surface area (Å²) in [6.07, 6.45) is 6.37. The van der Waals surface area contributed by atoms with Crippen LogP contribution >= 0.6 is 0 Å². The van der Waals surface area contributed by atoms with E-state index in [4.69, 9.17) is 0 Å². The Hall–Kier alpha value is -1.58. The zero-order valence-corrected chi connectivity index (χ0v) is 12.7. The van der Waals surface area contributed by atoms with Crippen molar-refractivity contribution in [3.8, 4) is 0 Å². The third kappa shape index (κ3) is 4.45. The Bertz CT molecular complexity index is 474. The fourth-order valence-electron chi connectivity index (χ4n) is 2.80. The number of hydrogen-bond donors (Lipinski definition) is 2. The average molecular weight is 286 g/mol. The molecule has 0 fully saturated rings. The van der Waals surface area contributed by atoms with E-state index < -0.39 is 6.10 Å². The highest BCUT2D eigenvalue weighted by atomic mass is 16.3. The molecule has 0 bridgehead atoms. The molecule has 1 aromatic carbocycles. The van der Waals surface area contributed by atoms with Crippen LogP contribution in [0, 0.1) is 0 Å². The van der Waals surface area contributed by atoms with Gasteiger partial charge in [0, 0.05) is 31.9 Å². The molecule has 21 heavy (non-hydrogen) atoms. The lowest BCUT2D eigenvalue weighted by atomic mass is 9.97. The summed E-state index contributed by atoms with van der Waals surface area (Å²) in [4.78, 5) is 2.23. The van der Waals surface area contributed by atoms with Crippen LogP contribution < -0.4 is 5.32 Å². The highest BCUT2D eigenvalue weighted by Crippen LogP contribution is 2.26. The first-order valence-electron chi connectivity index (χ1n) is 7.73. The van der Waals surface area contributed by atoms with E-state index in [1.807, 2.05) is 18.2 Å². The van der Waals surface area contributed by atoms with Crippen LogP contribution in [0.15, 0.2) is 43.5 Å². The lowest BCUT2D eigenvalue weighted by Crippen LogP contribution is -2.26. The van der Waals surface area contributed by atoms with Crippen molar-refractivity contribution in [2.45, 2.75) is 25.4 Å². The Balaban J connectivity index is 1.94. The van der Waals surface area contributed by atoms with Gasteiger partial charge in [-0.05, 0) is 36.5 Å². The number of rotatable bonds is 8. The molecule has 0 radical (unpaired) electrons. The van der Waals surface area contributed by atoms with Crippen LogP contribution in [0.4, 0.5) is 5.69 Å². The van der Waals surface area contributed by atoms with E-state index in [1.54, 1.807) is 0 Å². The summed E-state index contributed by atoms with van der Waals surface area (Å²) in [5.74, 6) is 0. The Morgan fingerprint density at radius 2 is 2.05 bits per heavy atom. The molecule has 0 spiro atoms. The van der Waals surface area contributed by atoms with Crippen molar-refractivity contribution in [2.24, 2.45) is 0 Å². The second-order valence-electron chi connectivity index (χ2n) is 5.59. The minimum atomic E-state index is -0.408. The smallest absolute Gasteiger partial charge is 0.0802 e. The van der Waals surface area contributed by atoms with Crippen LogP contribution in [0.3, 0.4) is 0 Å². The largest absolute Gasteiger partial charge is 0.388 e. The van der Waals surface area contributed by atoms with Crippen LogP contribution in [0.2, 0.25) is 0 Å². The van der Waals surface area contributed by atoms with Crippen LogP contribution in [-0.4, -0.2) is 36.2 Å². The molecule has 3 heteroatoms. The number of nitrogens with one attached hydrogen (secondary N) is 1. The molecular formula is C18H26N2O. The molecule has 0 aromatic heterocycles. The molecule has 1 aliphatic rings. The van der Waals surface area contributed by atoms with Crippen molar-refractivity contribution in [1.29, 1.82) is 0 Å². The van der Waals surface area contributed by atoms with Gasteiger partial charge >= 0.3 is 0 Å². The average Bonchev–Trinajstić information content (AvgIpc) is 2.52. The molecular weight excluding hydrogens is 260 g/mol. The Kier molecular flexibility index (Phi) is 6.03.